The number of sulfone groups is 1. The Morgan fingerprint density at radius 1 is 1.34 bits per heavy atom. The molecule has 4 rings (SSSR count). The molecule has 38 heavy (non-hydrogen) atoms. The predicted molar refractivity (Wildman–Crippen MR) is 149 cm³/mol. The number of aliphatic hydroxyl groups excluding tert-OH is 1. The summed E-state index contributed by atoms with van der Waals surface area (Å²) in [5, 5.41) is 14.7. The molecule has 0 unspecified atom stereocenters. The van der Waals surface area contributed by atoms with Crippen molar-refractivity contribution >= 4 is 38.1 Å². The number of carbonyl (C=O) groups is 2. The second kappa shape index (κ2) is 10.9. The van der Waals surface area contributed by atoms with E-state index in [0.717, 1.165) is 29.8 Å². The molecule has 0 aliphatic heterocycles. The monoisotopic (exact) mass is 559 g/mol. The molecule has 1 saturated carbocycles. The van der Waals surface area contributed by atoms with Gasteiger partial charge in [-0.05, 0) is 48.6 Å². The normalized spacial score (nSPS) is 27.5. The summed E-state index contributed by atoms with van der Waals surface area (Å²) in [5.74, 6) is -1.92. The molecule has 1 heterocycles. The molecule has 0 bridgehead atoms. The molecule has 1 fully saturated rings. The van der Waals surface area contributed by atoms with Gasteiger partial charge in [-0.25, -0.2) is 13.4 Å². The summed E-state index contributed by atoms with van der Waals surface area (Å²) in [7, 11) is -2.01. The van der Waals surface area contributed by atoms with Gasteiger partial charge < -0.3 is 15.3 Å². The van der Waals surface area contributed by atoms with Crippen molar-refractivity contribution in [2.24, 2.45) is 23.2 Å². The molecule has 1 aromatic heterocycles. The molecule has 2 aliphatic rings. The zero-order chi connectivity index (χ0) is 27.8. The van der Waals surface area contributed by atoms with Crippen LogP contribution in [0.2, 0.25) is 0 Å². The van der Waals surface area contributed by atoms with E-state index in [1.54, 1.807) is 36.2 Å². The molecule has 6 atom stereocenters. The smallest absolute Gasteiger partial charge is 0.241 e. The topological polar surface area (TPSA) is 117 Å². The lowest BCUT2D eigenvalue weighted by Crippen LogP contribution is -2.53. The lowest BCUT2D eigenvalue weighted by molar-refractivity contribution is -0.143. The van der Waals surface area contributed by atoms with Crippen LogP contribution in [0.5, 0.6) is 0 Å². The van der Waals surface area contributed by atoms with E-state index in [4.69, 9.17) is 0 Å². The number of aromatic nitrogens is 1. The first-order valence-corrected chi connectivity index (χ1v) is 15.5. The first-order valence-electron chi connectivity index (χ1n) is 13.0. The van der Waals surface area contributed by atoms with Crippen LogP contribution in [-0.2, 0) is 25.8 Å². The molecule has 0 saturated heterocycles. The molecular weight excluding hydrogens is 522 g/mol. The maximum atomic E-state index is 13.0. The molecule has 2 amide bonds. The summed E-state index contributed by atoms with van der Waals surface area (Å²) < 4.78 is 25.2. The van der Waals surface area contributed by atoms with Crippen LogP contribution in [0.15, 0.2) is 47.9 Å². The van der Waals surface area contributed by atoms with Crippen LogP contribution in [0.3, 0.4) is 0 Å². The van der Waals surface area contributed by atoms with E-state index in [9.17, 15) is 23.1 Å². The fourth-order valence-electron chi connectivity index (χ4n) is 6.45. The minimum absolute atomic E-state index is 0.00539. The van der Waals surface area contributed by atoms with E-state index in [2.05, 4.69) is 23.8 Å². The number of aliphatic hydroxyl groups is 1. The average Bonchev–Trinajstić information content (AvgIpc) is 3.25. The van der Waals surface area contributed by atoms with Gasteiger partial charge in [-0.1, -0.05) is 45.0 Å². The lowest BCUT2D eigenvalue weighted by Gasteiger charge is -2.53. The van der Waals surface area contributed by atoms with Gasteiger partial charge in [0.2, 0.25) is 11.8 Å². The lowest BCUT2D eigenvalue weighted by atomic mass is 9.53. The highest BCUT2D eigenvalue weighted by atomic mass is 32.2. The summed E-state index contributed by atoms with van der Waals surface area (Å²) in [6, 6.07) is 7.91. The van der Waals surface area contributed by atoms with Crippen molar-refractivity contribution in [3.63, 3.8) is 0 Å². The average molecular weight is 560 g/mol. The van der Waals surface area contributed by atoms with E-state index in [1.807, 2.05) is 13.8 Å². The number of likely N-dealkylation sites (N-methyl/N-ethyl adjacent to an activating group) is 1. The van der Waals surface area contributed by atoms with Crippen LogP contribution in [0.1, 0.15) is 50.1 Å². The van der Waals surface area contributed by atoms with Crippen molar-refractivity contribution in [2.75, 3.05) is 24.7 Å². The van der Waals surface area contributed by atoms with E-state index >= 15 is 0 Å². The van der Waals surface area contributed by atoms with Crippen LogP contribution < -0.4 is 5.32 Å². The van der Waals surface area contributed by atoms with Gasteiger partial charge in [0.05, 0.1) is 16.7 Å². The van der Waals surface area contributed by atoms with Crippen molar-refractivity contribution in [2.45, 2.75) is 57.0 Å². The Balaban J connectivity index is 1.50. The number of hydrogen-bond donors (Lipinski definition) is 2. The van der Waals surface area contributed by atoms with E-state index in [1.165, 1.54) is 23.5 Å². The van der Waals surface area contributed by atoms with Crippen molar-refractivity contribution in [1.29, 1.82) is 0 Å². The third-order valence-corrected chi connectivity index (χ3v) is 11.0. The zero-order valence-corrected chi connectivity index (χ0v) is 24.0. The third kappa shape index (κ3) is 5.44. The highest BCUT2D eigenvalue weighted by Crippen LogP contribution is 2.57. The Morgan fingerprint density at radius 2 is 2.03 bits per heavy atom. The number of anilines is 1. The number of benzene rings is 1. The number of thiazole rings is 1. The van der Waals surface area contributed by atoms with Crippen molar-refractivity contribution in [1.82, 2.24) is 9.88 Å². The fourth-order valence-corrected chi connectivity index (χ4v) is 8.89. The largest absolute Gasteiger partial charge is 0.392 e. The molecule has 0 radical (unpaired) electrons. The summed E-state index contributed by atoms with van der Waals surface area (Å²) in [6.45, 7) is 10.3. The predicted octanol–water partition coefficient (Wildman–Crippen LogP) is 3.89. The number of amides is 2. The quantitative estimate of drug-likeness (QED) is 0.474. The Bertz CT molecular complexity index is 1310. The van der Waals surface area contributed by atoms with Crippen molar-refractivity contribution in [3.05, 3.63) is 53.6 Å². The van der Waals surface area contributed by atoms with Gasteiger partial charge in [0.15, 0.2) is 15.0 Å². The standard InChI is InChI=1S/C28H37N3O5S2/c1-6-14-31(5)26(34)17(2)20-12-13-28(4)15-21-24(18(3)23(28)25(20)33)30-27(37-21)29-22(32)16-38(35,36)19-10-8-7-9-11-19/h6-11,17-18,20,23,25,33H,1,12-16H2,2-5H3,(H,29,30,32)/t17-,18-,20-,23+,25-,28+/m0/s1. The Morgan fingerprint density at radius 3 is 2.68 bits per heavy atom. The molecule has 10 heteroatoms. The number of nitrogens with one attached hydrogen (secondary N) is 1. The summed E-state index contributed by atoms with van der Waals surface area (Å²) >= 11 is 1.38. The Hall–Kier alpha value is -2.56. The van der Waals surface area contributed by atoms with E-state index < -0.39 is 27.6 Å². The summed E-state index contributed by atoms with van der Waals surface area (Å²) in [4.78, 5) is 33.1. The second-order valence-electron chi connectivity index (χ2n) is 11.1. The third-order valence-electron chi connectivity index (χ3n) is 8.40. The molecule has 2 aliphatic carbocycles. The van der Waals surface area contributed by atoms with Gasteiger partial charge in [-0.2, -0.15) is 0 Å². The SMILES string of the molecule is C=CCN(C)C(=O)[C@@H](C)[C@@H]1CC[C@]2(C)Cc3sc(NC(=O)CS(=O)(=O)c4ccccc4)nc3[C@@H](C)[C@@H]2[C@H]1O. The molecule has 8 nitrogen and oxygen atoms in total. The second-order valence-corrected chi connectivity index (χ2v) is 14.2. The Kier molecular flexibility index (Phi) is 8.16. The van der Waals surface area contributed by atoms with Gasteiger partial charge in [-0.15, -0.1) is 17.9 Å². The highest BCUT2D eigenvalue weighted by molar-refractivity contribution is 7.92. The molecular formula is C28H37N3O5S2. The number of rotatable bonds is 8. The molecule has 1 aromatic carbocycles. The number of fused-ring (bicyclic) bond motifs is 2. The van der Waals surface area contributed by atoms with Crippen LogP contribution in [0.25, 0.3) is 0 Å². The van der Waals surface area contributed by atoms with Crippen LogP contribution in [-0.4, -0.2) is 60.7 Å². The first-order chi connectivity index (χ1) is 17.9. The van der Waals surface area contributed by atoms with E-state index in [0.29, 0.717) is 11.7 Å². The Labute approximate surface area is 229 Å². The number of hydrogen-bond acceptors (Lipinski definition) is 7. The maximum Gasteiger partial charge on any atom is 0.241 e. The van der Waals surface area contributed by atoms with Gasteiger partial charge in [0.1, 0.15) is 5.75 Å². The minimum atomic E-state index is -3.76. The molecule has 2 N–H and O–H groups in total. The van der Waals surface area contributed by atoms with E-state index in [-0.39, 0.29) is 39.9 Å². The maximum absolute atomic E-state index is 13.0. The molecule has 2 aromatic rings. The highest BCUT2D eigenvalue weighted by Gasteiger charge is 2.54. The number of nitrogens with zero attached hydrogens (tertiary/aromatic N) is 2. The van der Waals surface area contributed by atoms with Gasteiger partial charge >= 0.3 is 0 Å². The van der Waals surface area contributed by atoms with Gasteiger partial charge in [0, 0.05) is 30.3 Å². The minimum Gasteiger partial charge on any atom is -0.392 e. The molecule has 0 spiro atoms. The van der Waals surface area contributed by atoms with Gasteiger partial charge in [-0.3, -0.25) is 9.59 Å². The van der Waals surface area contributed by atoms with Crippen LogP contribution in [0, 0.1) is 23.2 Å². The molecule has 206 valence electrons. The van der Waals surface area contributed by atoms with Crippen molar-refractivity contribution < 1.29 is 23.1 Å². The first kappa shape index (κ1) is 28.4. The zero-order valence-electron chi connectivity index (χ0n) is 22.4. The summed E-state index contributed by atoms with van der Waals surface area (Å²) in [5.41, 5.74) is 0.670. The number of carbonyl (C=O) groups excluding carboxylic acids is 2. The fraction of sp³-hybridized carbons (Fsp3) is 0.536. The van der Waals surface area contributed by atoms with Crippen molar-refractivity contribution in [3.8, 4) is 0 Å². The van der Waals surface area contributed by atoms with Crippen LogP contribution >= 0.6 is 11.3 Å². The van der Waals surface area contributed by atoms with Crippen LogP contribution in [0.4, 0.5) is 5.13 Å². The van der Waals surface area contributed by atoms with Gasteiger partial charge in [0.25, 0.3) is 0 Å². The summed E-state index contributed by atoms with van der Waals surface area (Å²) in [6.07, 6.45) is 3.38.